The van der Waals surface area contributed by atoms with Crippen molar-refractivity contribution in [3.63, 3.8) is 0 Å². The zero-order chi connectivity index (χ0) is 14.5. The summed E-state index contributed by atoms with van der Waals surface area (Å²) in [6.07, 6.45) is 5.81. The summed E-state index contributed by atoms with van der Waals surface area (Å²) >= 11 is 1.85. The fraction of sp³-hybridized carbons (Fsp3) is 0.500. The van der Waals surface area contributed by atoms with Gasteiger partial charge in [-0.25, -0.2) is 4.98 Å². The molecule has 20 heavy (non-hydrogen) atoms. The maximum Gasteiger partial charge on any atom is 0.0928 e. The smallest absolute Gasteiger partial charge is 0.0928 e. The van der Waals surface area contributed by atoms with Crippen LogP contribution in [0.1, 0.15) is 41.0 Å². The molecule has 2 aromatic rings. The summed E-state index contributed by atoms with van der Waals surface area (Å²) in [6, 6.07) is 4.60. The summed E-state index contributed by atoms with van der Waals surface area (Å²) < 4.78 is 0. The lowest BCUT2D eigenvalue weighted by atomic mass is 10.1. The van der Waals surface area contributed by atoms with Gasteiger partial charge in [-0.05, 0) is 51.4 Å². The molecule has 0 unspecified atom stereocenters. The van der Waals surface area contributed by atoms with Crippen molar-refractivity contribution in [3.8, 4) is 0 Å². The molecule has 0 bridgehead atoms. The number of thiazole rings is 1. The van der Waals surface area contributed by atoms with Crippen LogP contribution in [0.2, 0.25) is 0 Å². The van der Waals surface area contributed by atoms with Gasteiger partial charge in [0.2, 0.25) is 0 Å². The van der Waals surface area contributed by atoms with Crippen molar-refractivity contribution >= 4 is 11.3 Å². The van der Waals surface area contributed by atoms with E-state index in [1.807, 2.05) is 23.7 Å². The largest absolute Gasteiger partial charge is 0.298 e. The van der Waals surface area contributed by atoms with E-state index in [-0.39, 0.29) is 0 Å². The molecule has 0 aromatic carbocycles. The molecular weight excluding hydrogens is 266 g/mol. The minimum atomic E-state index is 0.426. The van der Waals surface area contributed by atoms with Crippen LogP contribution in [-0.2, 0) is 12.8 Å². The van der Waals surface area contributed by atoms with Gasteiger partial charge in [-0.3, -0.25) is 9.88 Å². The van der Waals surface area contributed by atoms with Crippen LogP contribution < -0.4 is 0 Å². The van der Waals surface area contributed by atoms with Crippen LogP contribution in [0, 0.1) is 6.92 Å². The molecule has 0 saturated heterocycles. The lowest BCUT2D eigenvalue weighted by molar-refractivity contribution is 0.267. The molecule has 2 heterocycles. The molecule has 3 nitrogen and oxygen atoms in total. The molecule has 1 atom stereocenters. The number of nitrogens with zero attached hydrogens (tertiary/aromatic N) is 3. The van der Waals surface area contributed by atoms with Crippen LogP contribution in [-0.4, -0.2) is 28.5 Å². The zero-order valence-electron chi connectivity index (χ0n) is 12.8. The fourth-order valence-electron chi connectivity index (χ4n) is 2.25. The van der Waals surface area contributed by atoms with Gasteiger partial charge >= 0.3 is 0 Å². The fourth-order valence-corrected chi connectivity index (χ4v) is 3.38. The van der Waals surface area contributed by atoms with E-state index in [0.717, 1.165) is 19.4 Å². The van der Waals surface area contributed by atoms with Crippen molar-refractivity contribution in [1.29, 1.82) is 0 Å². The standard InChI is InChI=1S/C16H23N3S/c1-5-15-18-12(2)16(20-15)13(3)19(4)11-8-14-6-9-17-10-7-14/h6-7,9-10,13H,5,8,11H2,1-4H3/t13-/m0/s1. The first-order valence-corrected chi connectivity index (χ1v) is 7.98. The number of rotatable bonds is 6. The van der Waals surface area contributed by atoms with Gasteiger partial charge in [-0.1, -0.05) is 6.92 Å². The summed E-state index contributed by atoms with van der Waals surface area (Å²) in [5.74, 6) is 0. The number of hydrogen-bond acceptors (Lipinski definition) is 4. The summed E-state index contributed by atoms with van der Waals surface area (Å²) in [5.41, 5.74) is 2.53. The third kappa shape index (κ3) is 3.64. The molecule has 0 fully saturated rings. The van der Waals surface area contributed by atoms with Gasteiger partial charge in [-0.2, -0.15) is 0 Å². The van der Waals surface area contributed by atoms with Crippen LogP contribution in [0.25, 0.3) is 0 Å². The molecule has 2 rings (SSSR count). The Hall–Kier alpha value is -1.26. The molecular formula is C16H23N3S. The molecule has 0 aliphatic heterocycles. The predicted octanol–water partition coefficient (Wildman–Crippen LogP) is 3.64. The predicted molar refractivity (Wildman–Crippen MR) is 85.2 cm³/mol. The Bertz CT molecular complexity index is 536. The van der Waals surface area contributed by atoms with Crippen molar-refractivity contribution in [1.82, 2.24) is 14.9 Å². The van der Waals surface area contributed by atoms with E-state index < -0.39 is 0 Å². The van der Waals surface area contributed by atoms with Gasteiger partial charge in [0, 0.05) is 29.9 Å². The first-order valence-electron chi connectivity index (χ1n) is 7.17. The molecule has 0 aliphatic rings. The van der Waals surface area contributed by atoms with E-state index in [4.69, 9.17) is 0 Å². The van der Waals surface area contributed by atoms with Crippen molar-refractivity contribution in [3.05, 3.63) is 45.7 Å². The van der Waals surface area contributed by atoms with Crippen LogP contribution in [0.5, 0.6) is 0 Å². The van der Waals surface area contributed by atoms with Gasteiger partial charge in [0.1, 0.15) is 0 Å². The average Bonchev–Trinajstić information content (AvgIpc) is 2.86. The first-order chi connectivity index (χ1) is 9.61. The summed E-state index contributed by atoms with van der Waals surface area (Å²) in [7, 11) is 2.19. The number of aromatic nitrogens is 2. The topological polar surface area (TPSA) is 29.0 Å². The number of aryl methyl sites for hydroxylation is 2. The maximum atomic E-state index is 4.63. The monoisotopic (exact) mass is 289 g/mol. The number of hydrogen-bond donors (Lipinski definition) is 0. The highest BCUT2D eigenvalue weighted by molar-refractivity contribution is 7.11. The van der Waals surface area contributed by atoms with E-state index in [1.165, 1.54) is 21.1 Å². The quantitative estimate of drug-likeness (QED) is 0.813. The van der Waals surface area contributed by atoms with E-state index in [0.29, 0.717) is 6.04 Å². The Morgan fingerprint density at radius 2 is 2.00 bits per heavy atom. The Balaban J connectivity index is 1.97. The van der Waals surface area contributed by atoms with Crippen molar-refractivity contribution in [2.24, 2.45) is 0 Å². The normalized spacial score (nSPS) is 12.8. The minimum absolute atomic E-state index is 0.426. The number of pyridine rings is 1. The molecule has 0 amide bonds. The van der Waals surface area contributed by atoms with Crippen LogP contribution in [0.3, 0.4) is 0 Å². The zero-order valence-corrected chi connectivity index (χ0v) is 13.6. The molecule has 0 aliphatic carbocycles. The number of likely N-dealkylation sites (N-methyl/N-ethyl adjacent to an activating group) is 1. The van der Waals surface area contributed by atoms with Crippen LogP contribution >= 0.6 is 11.3 Å². The van der Waals surface area contributed by atoms with Crippen molar-refractivity contribution in [2.75, 3.05) is 13.6 Å². The molecule has 0 saturated carbocycles. The van der Waals surface area contributed by atoms with Gasteiger partial charge < -0.3 is 0 Å². The van der Waals surface area contributed by atoms with Crippen molar-refractivity contribution < 1.29 is 0 Å². The Kier molecular flexibility index (Phi) is 5.26. The summed E-state index contributed by atoms with van der Waals surface area (Å²) in [6.45, 7) is 7.61. The average molecular weight is 289 g/mol. The van der Waals surface area contributed by atoms with Crippen LogP contribution in [0.4, 0.5) is 0 Å². The second-order valence-electron chi connectivity index (χ2n) is 5.17. The van der Waals surface area contributed by atoms with Gasteiger partial charge in [0.25, 0.3) is 0 Å². The van der Waals surface area contributed by atoms with Crippen LogP contribution in [0.15, 0.2) is 24.5 Å². The Morgan fingerprint density at radius 1 is 1.30 bits per heavy atom. The SMILES string of the molecule is CCc1nc(C)c([C@H](C)N(C)CCc2ccncc2)s1. The van der Waals surface area contributed by atoms with E-state index >= 15 is 0 Å². The van der Waals surface area contributed by atoms with Gasteiger partial charge in [-0.15, -0.1) is 11.3 Å². The molecule has 2 aromatic heterocycles. The Labute approximate surface area is 125 Å². The highest BCUT2D eigenvalue weighted by Crippen LogP contribution is 2.28. The Morgan fingerprint density at radius 3 is 2.60 bits per heavy atom. The molecule has 0 N–H and O–H groups in total. The lowest BCUT2D eigenvalue weighted by Gasteiger charge is -2.24. The summed E-state index contributed by atoms with van der Waals surface area (Å²) in [4.78, 5) is 12.5. The second kappa shape index (κ2) is 6.95. The van der Waals surface area contributed by atoms with E-state index in [9.17, 15) is 0 Å². The van der Waals surface area contributed by atoms with Crippen molar-refractivity contribution in [2.45, 2.75) is 39.7 Å². The van der Waals surface area contributed by atoms with Gasteiger partial charge in [0.15, 0.2) is 0 Å². The lowest BCUT2D eigenvalue weighted by Crippen LogP contribution is -2.24. The first kappa shape index (κ1) is 15.1. The maximum absolute atomic E-state index is 4.63. The molecule has 0 radical (unpaired) electrons. The van der Waals surface area contributed by atoms with E-state index in [2.05, 4.69) is 54.8 Å². The second-order valence-corrected chi connectivity index (χ2v) is 6.29. The minimum Gasteiger partial charge on any atom is -0.298 e. The third-order valence-corrected chi connectivity index (χ3v) is 5.19. The molecule has 4 heteroatoms. The highest BCUT2D eigenvalue weighted by atomic mass is 32.1. The third-order valence-electron chi connectivity index (χ3n) is 3.72. The van der Waals surface area contributed by atoms with Gasteiger partial charge in [0.05, 0.1) is 10.7 Å². The molecule has 0 spiro atoms. The summed E-state index contributed by atoms with van der Waals surface area (Å²) in [5, 5.41) is 1.24. The van der Waals surface area contributed by atoms with E-state index in [1.54, 1.807) is 0 Å². The molecule has 108 valence electrons. The highest BCUT2D eigenvalue weighted by Gasteiger charge is 2.17.